The molecule has 2 aromatic rings. The first kappa shape index (κ1) is 19.3. The zero-order valence-electron chi connectivity index (χ0n) is 14.7. The van der Waals surface area contributed by atoms with Crippen molar-refractivity contribution in [3.8, 4) is 17.1 Å². The minimum absolute atomic E-state index is 0.0367. The zero-order valence-corrected chi connectivity index (χ0v) is 15.6. The van der Waals surface area contributed by atoms with Gasteiger partial charge in [-0.3, -0.25) is 9.89 Å². The second kappa shape index (κ2) is 10.0. The fourth-order valence-corrected chi connectivity index (χ4v) is 2.62. The lowest BCUT2D eigenvalue weighted by Crippen LogP contribution is -2.27. The third-order valence-corrected chi connectivity index (χ3v) is 4.10. The summed E-state index contributed by atoms with van der Waals surface area (Å²) in [5, 5.41) is 10.4. The minimum atomic E-state index is -0.0367. The number of benzene rings is 1. The van der Waals surface area contributed by atoms with E-state index in [1.807, 2.05) is 38.1 Å². The molecule has 0 bridgehead atoms. The molecule has 2 rings (SSSR count). The Hall–Kier alpha value is -2.06. The number of methoxy groups -OCH3 is 1. The van der Waals surface area contributed by atoms with Crippen molar-refractivity contribution in [1.29, 1.82) is 0 Å². The summed E-state index contributed by atoms with van der Waals surface area (Å²) in [6.07, 6.45) is 1.02. The van der Waals surface area contributed by atoms with Gasteiger partial charge in [-0.15, -0.1) is 5.10 Å². The molecular weight excluding hydrogens is 340 g/mol. The van der Waals surface area contributed by atoms with Crippen LogP contribution in [0.1, 0.15) is 20.3 Å². The summed E-state index contributed by atoms with van der Waals surface area (Å²) in [6, 6.07) is 7.53. The Bertz CT molecular complexity index is 658. The van der Waals surface area contributed by atoms with E-state index in [0.717, 1.165) is 17.7 Å². The van der Waals surface area contributed by atoms with Crippen molar-refractivity contribution >= 4 is 17.7 Å². The maximum atomic E-state index is 11.8. The normalized spacial score (nSPS) is 10.9. The molecule has 0 radical (unpaired) electrons. The maximum absolute atomic E-state index is 11.8. The number of ether oxygens (including phenoxy) is 2. The summed E-state index contributed by atoms with van der Waals surface area (Å²) in [5.74, 6) is 1.69. The quantitative estimate of drug-likeness (QED) is 0.497. The highest BCUT2D eigenvalue weighted by Crippen LogP contribution is 2.21. The molecule has 0 spiro atoms. The van der Waals surface area contributed by atoms with Gasteiger partial charge < -0.3 is 14.8 Å². The van der Waals surface area contributed by atoms with Crippen LogP contribution in [0.3, 0.4) is 0 Å². The standard InChI is InChI=1S/C17H24N4O3S/c1-12(2)24-10-4-9-18-15(22)11-25-17-19-16(20-21-17)13-5-7-14(23-3)8-6-13/h5-8,12H,4,9-11H2,1-3H3,(H,18,22)(H,19,20,21). The molecule has 7 nitrogen and oxygen atoms in total. The van der Waals surface area contributed by atoms with E-state index in [0.29, 0.717) is 24.1 Å². The Labute approximate surface area is 151 Å². The first-order valence-corrected chi connectivity index (χ1v) is 9.15. The average molecular weight is 364 g/mol. The Morgan fingerprint density at radius 3 is 2.76 bits per heavy atom. The SMILES string of the molecule is COc1ccc(-c2nc(SCC(=O)NCCCOC(C)C)n[nH]2)cc1. The molecule has 0 saturated heterocycles. The van der Waals surface area contributed by atoms with Crippen molar-refractivity contribution in [3.63, 3.8) is 0 Å². The van der Waals surface area contributed by atoms with Gasteiger partial charge >= 0.3 is 0 Å². The number of nitrogens with zero attached hydrogens (tertiary/aromatic N) is 2. The van der Waals surface area contributed by atoms with Gasteiger partial charge in [0, 0.05) is 18.7 Å². The lowest BCUT2D eigenvalue weighted by atomic mass is 10.2. The Morgan fingerprint density at radius 2 is 2.08 bits per heavy atom. The van der Waals surface area contributed by atoms with Crippen molar-refractivity contribution in [2.45, 2.75) is 31.5 Å². The molecule has 0 aliphatic rings. The molecular formula is C17H24N4O3S. The van der Waals surface area contributed by atoms with E-state index in [1.165, 1.54) is 11.8 Å². The van der Waals surface area contributed by atoms with E-state index in [4.69, 9.17) is 9.47 Å². The van der Waals surface area contributed by atoms with Gasteiger partial charge in [0.15, 0.2) is 5.82 Å². The third kappa shape index (κ3) is 6.75. The molecule has 1 amide bonds. The van der Waals surface area contributed by atoms with E-state index in [9.17, 15) is 4.79 Å². The van der Waals surface area contributed by atoms with Gasteiger partial charge in [0.2, 0.25) is 11.1 Å². The number of carbonyl (C=O) groups excluding carboxylic acids is 1. The summed E-state index contributed by atoms with van der Waals surface area (Å²) >= 11 is 1.30. The van der Waals surface area contributed by atoms with Crippen LogP contribution in [-0.2, 0) is 9.53 Å². The summed E-state index contributed by atoms with van der Waals surface area (Å²) in [4.78, 5) is 16.2. The molecule has 0 unspecified atom stereocenters. The Balaban J connectivity index is 1.72. The molecule has 8 heteroatoms. The number of hydrogen-bond acceptors (Lipinski definition) is 6. The van der Waals surface area contributed by atoms with E-state index >= 15 is 0 Å². The van der Waals surface area contributed by atoms with Crippen molar-refractivity contribution in [2.24, 2.45) is 0 Å². The molecule has 0 aliphatic heterocycles. The molecule has 136 valence electrons. The monoisotopic (exact) mass is 364 g/mol. The Kier molecular flexibility index (Phi) is 7.75. The number of nitrogens with one attached hydrogen (secondary N) is 2. The molecule has 0 saturated carbocycles. The first-order chi connectivity index (χ1) is 12.1. The number of carbonyl (C=O) groups is 1. The van der Waals surface area contributed by atoms with E-state index in [2.05, 4.69) is 20.5 Å². The number of hydrogen-bond donors (Lipinski definition) is 2. The van der Waals surface area contributed by atoms with Crippen LogP contribution in [0.2, 0.25) is 0 Å². The lowest BCUT2D eigenvalue weighted by Gasteiger charge is -2.07. The fourth-order valence-electron chi connectivity index (χ4n) is 1.99. The van der Waals surface area contributed by atoms with E-state index in [-0.39, 0.29) is 17.8 Å². The summed E-state index contributed by atoms with van der Waals surface area (Å²) in [7, 11) is 1.63. The topological polar surface area (TPSA) is 89.1 Å². The Morgan fingerprint density at radius 1 is 1.32 bits per heavy atom. The summed E-state index contributed by atoms with van der Waals surface area (Å²) < 4.78 is 10.6. The van der Waals surface area contributed by atoms with E-state index < -0.39 is 0 Å². The van der Waals surface area contributed by atoms with Crippen molar-refractivity contribution in [2.75, 3.05) is 26.0 Å². The molecule has 25 heavy (non-hydrogen) atoms. The van der Waals surface area contributed by atoms with Gasteiger partial charge in [0.05, 0.1) is 19.0 Å². The fraction of sp³-hybridized carbons (Fsp3) is 0.471. The second-order valence-electron chi connectivity index (χ2n) is 5.61. The average Bonchev–Trinajstić information content (AvgIpc) is 3.08. The summed E-state index contributed by atoms with van der Waals surface area (Å²) in [6.45, 7) is 5.24. The number of aromatic nitrogens is 3. The van der Waals surface area contributed by atoms with Gasteiger partial charge in [-0.05, 0) is 44.5 Å². The van der Waals surface area contributed by atoms with Crippen LogP contribution in [-0.4, -0.2) is 53.2 Å². The van der Waals surface area contributed by atoms with Crippen LogP contribution in [0.25, 0.3) is 11.4 Å². The number of amides is 1. The second-order valence-corrected chi connectivity index (χ2v) is 6.55. The molecule has 0 fully saturated rings. The van der Waals surface area contributed by atoms with Crippen LogP contribution in [0.4, 0.5) is 0 Å². The molecule has 1 heterocycles. The van der Waals surface area contributed by atoms with Crippen LogP contribution >= 0.6 is 11.8 Å². The van der Waals surface area contributed by atoms with Gasteiger partial charge in [0.1, 0.15) is 5.75 Å². The van der Waals surface area contributed by atoms with Crippen LogP contribution < -0.4 is 10.1 Å². The minimum Gasteiger partial charge on any atom is -0.497 e. The largest absolute Gasteiger partial charge is 0.497 e. The molecule has 1 aromatic heterocycles. The van der Waals surface area contributed by atoms with Crippen molar-refractivity contribution < 1.29 is 14.3 Å². The van der Waals surface area contributed by atoms with Gasteiger partial charge in [-0.1, -0.05) is 11.8 Å². The molecule has 2 N–H and O–H groups in total. The van der Waals surface area contributed by atoms with Crippen LogP contribution in [0.5, 0.6) is 5.75 Å². The summed E-state index contributed by atoms with van der Waals surface area (Å²) in [5.41, 5.74) is 0.912. The van der Waals surface area contributed by atoms with Crippen LogP contribution in [0, 0.1) is 0 Å². The van der Waals surface area contributed by atoms with E-state index in [1.54, 1.807) is 7.11 Å². The number of aromatic amines is 1. The van der Waals surface area contributed by atoms with Gasteiger partial charge in [-0.2, -0.15) is 0 Å². The number of rotatable bonds is 10. The van der Waals surface area contributed by atoms with Gasteiger partial charge in [0.25, 0.3) is 0 Å². The highest BCUT2D eigenvalue weighted by molar-refractivity contribution is 7.99. The lowest BCUT2D eigenvalue weighted by molar-refractivity contribution is -0.118. The zero-order chi connectivity index (χ0) is 18.1. The van der Waals surface area contributed by atoms with Crippen molar-refractivity contribution in [1.82, 2.24) is 20.5 Å². The third-order valence-electron chi connectivity index (χ3n) is 3.26. The number of H-pyrrole nitrogens is 1. The van der Waals surface area contributed by atoms with Crippen LogP contribution in [0.15, 0.2) is 29.4 Å². The number of thioether (sulfide) groups is 1. The predicted molar refractivity (Wildman–Crippen MR) is 97.8 cm³/mol. The van der Waals surface area contributed by atoms with Crippen molar-refractivity contribution in [3.05, 3.63) is 24.3 Å². The first-order valence-electron chi connectivity index (χ1n) is 8.16. The predicted octanol–water partition coefficient (Wildman–Crippen LogP) is 2.50. The van der Waals surface area contributed by atoms with Gasteiger partial charge in [-0.25, -0.2) is 4.98 Å². The highest BCUT2D eigenvalue weighted by atomic mass is 32.2. The molecule has 0 atom stereocenters. The molecule has 1 aromatic carbocycles. The smallest absolute Gasteiger partial charge is 0.230 e. The maximum Gasteiger partial charge on any atom is 0.230 e. The molecule has 0 aliphatic carbocycles. The highest BCUT2D eigenvalue weighted by Gasteiger charge is 2.09.